The summed E-state index contributed by atoms with van der Waals surface area (Å²) >= 11 is 0. The van der Waals surface area contributed by atoms with Crippen molar-refractivity contribution in [2.45, 2.75) is 0 Å². The van der Waals surface area contributed by atoms with E-state index >= 15 is 0 Å². The van der Waals surface area contributed by atoms with Crippen molar-refractivity contribution in [2.24, 2.45) is 0 Å². The zero-order chi connectivity index (χ0) is 9.98. The van der Waals surface area contributed by atoms with Crippen molar-refractivity contribution in [1.29, 1.82) is 0 Å². The molecule has 9 heteroatoms. The van der Waals surface area contributed by atoms with Crippen molar-refractivity contribution < 1.29 is 46.7 Å². The van der Waals surface area contributed by atoms with Crippen LogP contribution < -0.4 is 0 Å². The van der Waals surface area contributed by atoms with Crippen molar-refractivity contribution in [1.82, 2.24) is 0 Å². The minimum Gasteiger partial charge on any atom is -0.314 e. The van der Waals surface area contributed by atoms with E-state index < -0.39 is 16.5 Å². The third-order valence-corrected chi connectivity index (χ3v) is 2.00. The third kappa shape index (κ3) is 19.4. The first-order valence-electron chi connectivity index (χ1n) is 2.86. The fourth-order valence-electron chi connectivity index (χ4n) is 0.167. The fraction of sp³-hybridized carbons (Fsp3) is 1.00. The molecule has 0 saturated heterocycles. The maximum absolute atomic E-state index is 9.92. The van der Waals surface area contributed by atoms with Gasteiger partial charge in [0.05, 0.1) is 0 Å². The first-order valence-corrected chi connectivity index (χ1v) is 5.31. The topological polar surface area (TPSA) is 71.1 Å². The molecule has 0 aromatic heterocycles. The molecule has 0 aliphatic carbocycles. The van der Waals surface area contributed by atoms with E-state index in [9.17, 15) is 9.13 Å². The van der Waals surface area contributed by atoms with E-state index in [0.717, 1.165) is 0 Å². The standard InChI is InChI=1S/2C2H7O3P.Zn/c2*1-4-6(3)5-2;/h2*6H,1-2H3;. The minimum absolute atomic E-state index is 0. The smallest absolute Gasteiger partial charge is 0.314 e. The molecule has 0 heterocycles. The molecule has 0 amide bonds. The van der Waals surface area contributed by atoms with Gasteiger partial charge in [0.1, 0.15) is 0 Å². The molecule has 0 rings (SSSR count). The molecule has 13 heavy (non-hydrogen) atoms. The molecule has 0 N–H and O–H groups in total. The van der Waals surface area contributed by atoms with Gasteiger partial charge in [-0.05, 0) is 0 Å². The Morgan fingerprint density at radius 2 is 0.846 bits per heavy atom. The van der Waals surface area contributed by atoms with E-state index in [-0.39, 0.29) is 19.5 Å². The van der Waals surface area contributed by atoms with Gasteiger partial charge in [0.25, 0.3) is 0 Å². The van der Waals surface area contributed by atoms with Crippen LogP contribution in [0.1, 0.15) is 0 Å². The summed E-state index contributed by atoms with van der Waals surface area (Å²) < 4.78 is 36.7. The van der Waals surface area contributed by atoms with E-state index in [1.807, 2.05) is 0 Å². The van der Waals surface area contributed by atoms with E-state index in [1.165, 1.54) is 28.4 Å². The summed E-state index contributed by atoms with van der Waals surface area (Å²) in [5.41, 5.74) is 0. The predicted molar refractivity (Wildman–Crippen MR) is 46.0 cm³/mol. The molecule has 0 aliphatic heterocycles. The quantitative estimate of drug-likeness (QED) is 0.573. The minimum atomic E-state index is -2.12. The van der Waals surface area contributed by atoms with Crippen LogP contribution >= 0.6 is 16.5 Å². The van der Waals surface area contributed by atoms with Gasteiger partial charge >= 0.3 is 16.5 Å². The van der Waals surface area contributed by atoms with Crippen molar-refractivity contribution in [3.63, 3.8) is 0 Å². The van der Waals surface area contributed by atoms with Crippen LogP contribution in [0.5, 0.6) is 0 Å². The second-order valence-corrected chi connectivity index (χ2v) is 3.95. The Bertz CT molecular complexity index is 115. The second kappa shape index (κ2) is 15.4. The fourth-order valence-corrected chi connectivity index (χ4v) is 0.500. The zero-order valence-corrected chi connectivity index (χ0v) is 13.1. The average molecular weight is 285 g/mol. The molecule has 0 fully saturated rings. The Hall–Kier alpha value is 0.923. The summed E-state index contributed by atoms with van der Waals surface area (Å²) in [4.78, 5) is 0. The Morgan fingerprint density at radius 3 is 0.846 bits per heavy atom. The number of hydrogen-bond acceptors (Lipinski definition) is 6. The molecule has 0 aromatic rings. The maximum atomic E-state index is 9.92. The van der Waals surface area contributed by atoms with Crippen LogP contribution in [-0.2, 0) is 46.7 Å². The first kappa shape index (κ1) is 19.5. The summed E-state index contributed by atoms with van der Waals surface area (Å²) in [6.45, 7) is 0. The Balaban J connectivity index is -0.000000143. The van der Waals surface area contributed by atoms with Crippen LogP contribution in [0.2, 0.25) is 0 Å². The molecule has 0 aliphatic rings. The van der Waals surface area contributed by atoms with Crippen LogP contribution in [0.4, 0.5) is 0 Å². The Morgan fingerprint density at radius 1 is 0.692 bits per heavy atom. The SMILES string of the molecule is CO[PH](=O)OC.CO[PH](=O)OC.[Zn]. The van der Waals surface area contributed by atoms with Gasteiger partial charge in [0.2, 0.25) is 0 Å². The number of rotatable bonds is 4. The molecular formula is C4H14O6P2Zn. The summed E-state index contributed by atoms with van der Waals surface area (Å²) in [5, 5.41) is 0. The number of hydrogen-bond donors (Lipinski definition) is 0. The summed E-state index contributed by atoms with van der Waals surface area (Å²) in [5.74, 6) is 0. The van der Waals surface area contributed by atoms with Gasteiger partial charge in [-0.3, -0.25) is 9.13 Å². The Labute approximate surface area is 91.9 Å². The molecule has 0 spiro atoms. The molecule has 0 radical (unpaired) electrons. The van der Waals surface area contributed by atoms with Crippen molar-refractivity contribution in [3.05, 3.63) is 0 Å². The molecule has 6 nitrogen and oxygen atoms in total. The molecule has 0 bridgehead atoms. The van der Waals surface area contributed by atoms with Gasteiger partial charge in [0, 0.05) is 47.9 Å². The van der Waals surface area contributed by atoms with E-state index in [2.05, 4.69) is 18.1 Å². The second-order valence-electron chi connectivity index (χ2n) is 1.32. The van der Waals surface area contributed by atoms with Gasteiger partial charge in [-0.1, -0.05) is 0 Å². The largest absolute Gasteiger partial charge is 0.318 e. The van der Waals surface area contributed by atoms with Crippen LogP contribution in [-0.4, -0.2) is 28.4 Å². The van der Waals surface area contributed by atoms with Crippen LogP contribution in [0.3, 0.4) is 0 Å². The van der Waals surface area contributed by atoms with Crippen LogP contribution in [0.25, 0.3) is 0 Å². The Kier molecular flexibility index (Phi) is 23.1. The van der Waals surface area contributed by atoms with Gasteiger partial charge in [-0.2, -0.15) is 0 Å². The summed E-state index contributed by atoms with van der Waals surface area (Å²) in [7, 11) is 1.12. The van der Waals surface area contributed by atoms with Gasteiger partial charge in [-0.25, -0.2) is 0 Å². The monoisotopic (exact) mass is 284 g/mol. The van der Waals surface area contributed by atoms with E-state index in [4.69, 9.17) is 0 Å². The first-order chi connectivity index (χ1) is 5.62. The molecule has 78 valence electrons. The van der Waals surface area contributed by atoms with Gasteiger partial charge in [-0.15, -0.1) is 0 Å². The third-order valence-electron chi connectivity index (χ3n) is 0.667. The predicted octanol–water partition coefficient (Wildman–Crippen LogP) is 1.34. The normalized spacial score (nSPS) is 9.08. The van der Waals surface area contributed by atoms with Crippen LogP contribution in [0.15, 0.2) is 0 Å². The van der Waals surface area contributed by atoms with Gasteiger partial charge in [0.15, 0.2) is 0 Å². The van der Waals surface area contributed by atoms with Crippen molar-refractivity contribution in [2.75, 3.05) is 28.4 Å². The molecular weight excluding hydrogens is 271 g/mol. The van der Waals surface area contributed by atoms with E-state index in [0.29, 0.717) is 0 Å². The molecule has 0 atom stereocenters. The molecule has 0 aromatic carbocycles. The van der Waals surface area contributed by atoms with Gasteiger partial charge < -0.3 is 18.1 Å². The summed E-state index contributed by atoms with van der Waals surface area (Å²) in [6.07, 6.45) is 0. The maximum Gasteiger partial charge on any atom is 0.318 e. The average Bonchev–Trinajstić information content (AvgIpc) is 2.16. The summed E-state index contributed by atoms with van der Waals surface area (Å²) in [6, 6.07) is 0. The molecule has 0 saturated carbocycles. The van der Waals surface area contributed by atoms with Crippen LogP contribution in [0, 0.1) is 0 Å². The molecule has 0 unspecified atom stereocenters. The van der Waals surface area contributed by atoms with Crippen molar-refractivity contribution in [3.8, 4) is 0 Å². The zero-order valence-electron chi connectivity index (χ0n) is 8.16. The van der Waals surface area contributed by atoms with Crippen molar-refractivity contribution >= 4 is 16.5 Å². The van der Waals surface area contributed by atoms with E-state index in [1.54, 1.807) is 0 Å².